The molecule has 0 radical (unpaired) electrons. The molecule has 0 amide bonds. The van der Waals surface area contributed by atoms with Crippen molar-refractivity contribution in [1.29, 1.82) is 5.41 Å². The zero-order valence-corrected chi connectivity index (χ0v) is 6.94. The Bertz CT molecular complexity index is 258. The van der Waals surface area contributed by atoms with Gasteiger partial charge in [0, 0.05) is 7.11 Å². The Morgan fingerprint density at radius 3 is 2.62 bits per heavy atom. The van der Waals surface area contributed by atoms with Crippen molar-refractivity contribution in [2.45, 2.75) is 11.9 Å². The van der Waals surface area contributed by atoms with Crippen LogP contribution < -0.4 is 0 Å². The number of carbonyl (C=O) groups excluding carboxylic acids is 2. The normalized spacial score (nSPS) is 27.8. The number of ketones is 2. The Hall–Kier alpha value is -1.11. The number of rotatable bonds is 5. The summed E-state index contributed by atoms with van der Waals surface area (Å²) in [6.07, 6.45) is -1.18. The van der Waals surface area contributed by atoms with Gasteiger partial charge in [0.05, 0.1) is 12.8 Å². The predicted octanol–water partition coefficient (Wildman–Crippen LogP) is -1.49. The second-order valence-corrected chi connectivity index (χ2v) is 2.58. The molecule has 1 aliphatic heterocycles. The maximum atomic E-state index is 11.2. The lowest BCUT2D eigenvalue weighted by atomic mass is 10.0. The molecule has 6 nitrogen and oxygen atoms in total. The first-order valence-electron chi connectivity index (χ1n) is 3.52. The third kappa shape index (κ3) is 1.51. The van der Waals surface area contributed by atoms with Crippen LogP contribution in [0.3, 0.4) is 0 Å². The highest BCUT2D eigenvalue weighted by atomic mass is 16.6. The van der Waals surface area contributed by atoms with Crippen molar-refractivity contribution in [3.05, 3.63) is 0 Å². The Morgan fingerprint density at radius 1 is 1.77 bits per heavy atom. The molecule has 1 fully saturated rings. The maximum absolute atomic E-state index is 11.2. The van der Waals surface area contributed by atoms with E-state index in [0.717, 1.165) is 7.11 Å². The van der Waals surface area contributed by atoms with Crippen LogP contribution in [0.25, 0.3) is 0 Å². The van der Waals surface area contributed by atoms with Gasteiger partial charge in [0.15, 0.2) is 0 Å². The third-order valence-electron chi connectivity index (χ3n) is 1.81. The highest BCUT2D eigenvalue weighted by Gasteiger charge is 2.59. The van der Waals surface area contributed by atoms with Crippen LogP contribution >= 0.6 is 0 Å². The molecule has 2 atom stereocenters. The van der Waals surface area contributed by atoms with Crippen molar-refractivity contribution in [1.82, 2.24) is 0 Å². The molecule has 1 unspecified atom stereocenters. The Kier molecular flexibility index (Phi) is 2.55. The van der Waals surface area contributed by atoms with Gasteiger partial charge in [0.1, 0.15) is 0 Å². The average Bonchev–Trinajstić information content (AvgIpc) is 2.95. The Balaban J connectivity index is 2.76. The molecule has 1 aliphatic rings. The van der Waals surface area contributed by atoms with Gasteiger partial charge >= 0.3 is 0 Å². The lowest BCUT2D eigenvalue weighted by molar-refractivity contribution is -0.157. The largest absolute Gasteiger partial charge is 0.362 e. The van der Waals surface area contributed by atoms with Gasteiger partial charge in [-0.25, -0.2) is 0 Å². The van der Waals surface area contributed by atoms with Crippen molar-refractivity contribution in [2.24, 2.45) is 0 Å². The quantitative estimate of drug-likeness (QED) is 0.236. The molecular formula is C7H9NO5. The van der Waals surface area contributed by atoms with Crippen molar-refractivity contribution in [3.8, 4) is 0 Å². The lowest BCUT2D eigenvalue weighted by Gasteiger charge is -2.10. The maximum Gasteiger partial charge on any atom is 0.230 e. The van der Waals surface area contributed by atoms with Crippen molar-refractivity contribution in [3.63, 3.8) is 0 Å². The van der Waals surface area contributed by atoms with E-state index in [1.165, 1.54) is 0 Å². The fraction of sp³-hybridized carbons (Fsp3) is 0.571. The number of hydrogen-bond donors (Lipinski definition) is 2. The van der Waals surface area contributed by atoms with E-state index in [9.17, 15) is 9.59 Å². The molecule has 0 aliphatic carbocycles. The van der Waals surface area contributed by atoms with E-state index >= 15 is 0 Å². The Labute approximate surface area is 74.0 Å². The monoisotopic (exact) mass is 187 g/mol. The summed E-state index contributed by atoms with van der Waals surface area (Å²) in [5.74, 6) is -1.63. The van der Waals surface area contributed by atoms with Crippen LogP contribution in [0.1, 0.15) is 0 Å². The van der Waals surface area contributed by atoms with E-state index in [0.29, 0.717) is 6.21 Å². The molecule has 6 heteroatoms. The first-order chi connectivity index (χ1) is 6.08. The fourth-order valence-corrected chi connectivity index (χ4v) is 0.901. The summed E-state index contributed by atoms with van der Waals surface area (Å²) in [4.78, 5) is 22.2. The molecule has 13 heavy (non-hydrogen) atoms. The van der Waals surface area contributed by atoms with E-state index in [2.05, 4.69) is 9.47 Å². The smallest absolute Gasteiger partial charge is 0.230 e. The van der Waals surface area contributed by atoms with Crippen LogP contribution in [0, 0.1) is 5.41 Å². The van der Waals surface area contributed by atoms with E-state index in [1.54, 1.807) is 0 Å². The zero-order chi connectivity index (χ0) is 10.1. The summed E-state index contributed by atoms with van der Waals surface area (Å²) in [5.41, 5.74) is -1.66. The lowest BCUT2D eigenvalue weighted by Crippen LogP contribution is -2.42. The summed E-state index contributed by atoms with van der Waals surface area (Å²) >= 11 is 0. The molecule has 72 valence electrons. The van der Waals surface area contributed by atoms with Crippen LogP contribution in [0.5, 0.6) is 0 Å². The van der Waals surface area contributed by atoms with Gasteiger partial charge in [-0.1, -0.05) is 0 Å². The number of ether oxygens (including phenoxy) is 2. The van der Waals surface area contributed by atoms with E-state index < -0.39 is 23.5 Å². The van der Waals surface area contributed by atoms with Gasteiger partial charge in [-0.3, -0.25) is 9.59 Å². The van der Waals surface area contributed by atoms with Crippen LogP contribution in [-0.4, -0.2) is 48.5 Å². The summed E-state index contributed by atoms with van der Waals surface area (Å²) in [6, 6.07) is 0. The number of aliphatic hydroxyl groups excluding tert-OH is 1. The summed E-state index contributed by atoms with van der Waals surface area (Å²) < 4.78 is 8.97. The van der Waals surface area contributed by atoms with Gasteiger partial charge in [0.2, 0.25) is 23.5 Å². The molecule has 0 aromatic carbocycles. The molecule has 0 aromatic rings. The molecule has 0 bridgehead atoms. The van der Waals surface area contributed by atoms with Crippen LogP contribution in [0.2, 0.25) is 0 Å². The number of carbonyl (C=O) groups is 2. The first-order valence-corrected chi connectivity index (χ1v) is 3.52. The average molecular weight is 187 g/mol. The van der Waals surface area contributed by atoms with E-state index in [-0.39, 0.29) is 6.61 Å². The fourth-order valence-electron chi connectivity index (χ4n) is 0.901. The predicted molar refractivity (Wildman–Crippen MR) is 40.5 cm³/mol. The minimum Gasteiger partial charge on any atom is -0.362 e. The molecule has 1 saturated heterocycles. The molecule has 0 spiro atoms. The zero-order valence-electron chi connectivity index (χ0n) is 6.94. The van der Waals surface area contributed by atoms with Gasteiger partial charge < -0.3 is 20.0 Å². The second-order valence-electron chi connectivity index (χ2n) is 2.58. The molecule has 1 heterocycles. The number of hydrogen-bond acceptors (Lipinski definition) is 6. The number of methoxy groups -OCH3 is 1. The van der Waals surface area contributed by atoms with Crippen LogP contribution in [-0.2, 0) is 19.1 Å². The van der Waals surface area contributed by atoms with Crippen molar-refractivity contribution >= 4 is 17.8 Å². The van der Waals surface area contributed by atoms with Crippen molar-refractivity contribution in [2.75, 3.05) is 13.7 Å². The molecule has 1 rings (SSSR count). The minimum atomic E-state index is -1.67. The van der Waals surface area contributed by atoms with Gasteiger partial charge in [-0.05, 0) is 0 Å². The Morgan fingerprint density at radius 2 is 2.31 bits per heavy atom. The molecule has 2 N–H and O–H groups in total. The summed E-state index contributed by atoms with van der Waals surface area (Å²) in [5, 5.41) is 15.6. The minimum absolute atomic E-state index is 0.0968. The van der Waals surface area contributed by atoms with Gasteiger partial charge in [-0.15, -0.1) is 0 Å². The van der Waals surface area contributed by atoms with Crippen molar-refractivity contribution < 1.29 is 24.2 Å². The number of Topliss-reactive ketones (excluding diaryl/α,β-unsaturated/α-hetero) is 2. The third-order valence-corrected chi connectivity index (χ3v) is 1.81. The van der Waals surface area contributed by atoms with Crippen LogP contribution in [0.15, 0.2) is 0 Å². The van der Waals surface area contributed by atoms with E-state index in [1.807, 2.05) is 0 Å². The molecular weight excluding hydrogens is 178 g/mol. The highest BCUT2D eigenvalue weighted by Crippen LogP contribution is 2.30. The topological polar surface area (TPSA) is 100.0 Å². The first kappa shape index (κ1) is 9.97. The van der Waals surface area contributed by atoms with Gasteiger partial charge in [0.25, 0.3) is 0 Å². The standard InChI is InChI=1S/C7H9NO5/c1-12-6(11)5(10)7(3-13-7)4(9)2-8/h2,6,8,11H,3H2,1H3/t6?,7-/m0/s1. The summed E-state index contributed by atoms with van der Waals surface area (Å²) in [7, 11) is 1.13. The molecule has 0 saturated carbocycles. The van der Waals surface area contributed by atoms with E-state index in [4.69, 9.17) is 10.5 Å². The van der Waals surface area contributed by atoms with Crippen LogP contribution in [0.4, 0.5) is 0 Å². The summed E-state index contributed by atoms with van der Waals surface area (Å²) in [6.45, 7) is -0.0968. The van der Waals surface area contributed by atoms with Gasteiger partial charge in [-0.2, -0.15) is 0 Å². The number of epoxide rings is 1. The number of nitrogens with one attached hydrogen (secondary N) is 1. The second kappa shape index (κ2) is 3.33. The number of aliphatic hydroxyl groups is 1. The SMILES string of the molecule is COC(O)C(=O)[C@@]1(C(=O)C=N)CO1. The highest BCUT2D eigenvalue weighted by molar-refractivity contribution is 6.38. The molecule has 0 aromatic heterocycles.